The molecule has 4 rings (SSSR count). The number of pyridine rings is 1. The third-order valence-corrected chi connectivity index (χ3v) is 5.64. The minimum absolute atomic E-state index is 0.167. The van der Waals surface area contributed by atoms with E-state index < -0.39 is 6.09 Å². The number of nitrogens with one attached hydrogen (secondary N) is 1. The summed E-state index contributed by atoms with van der Waals surface area (Å²) < 4.78 is 17.9. The normalized spacial score (nSPS) is 16.3. The highest BCUT2D eigenvalue weighted by Gasteiger charge is 2.42. The maximum Gasteiger partial charge on any atom is 0.412 e. The second kappa shape index (κ2) is 7.37. The predicted octanol–water partition coefficient (Wildman–Crippen LogP) is 3.32. The number of aromatic nitrogens is 1. The number of methoxy groups -OCH3 is 2. The van der Waals surface area contributed by atoms with Crippen molar-refractivity contribution in [2.45, 2.75) is 45.2 Å². The quantitative estimate of drug-likeness (QED) is 0.790. The summed E-state index contributed by atoms with van der Waals surface area (Å²) in [5.74, 6) is 2.42. The number of fused-ring (bicyclic) bond motifs is 1. The van der Waals surface area contributed by atoms with E-state index in [-0.39, 0.29) is 11.6 Å². The van der Waals surface area contributed by atoms with Crippen LogP contribution in [0.1, 0.15) is 32.6 Å². The molecule has 1 aromatic heterocycles. The summed E-state index contributed by atoms with van der Waals surface area (Å²) in [4.78, 5) is 25.4. The highest BCUT2D eigenvalue weighted by atomic mass is 16.6. The van der Waals surface area contributed by atoms with Gasteiger partial charge in [0.05, 0.1) is 25.8 Å². The molecule has 0 unspecified atom stereocenters. The fourth-order valence-electron chi connectivity index (χ4n) is 3.80. The lowest BCUT2D eigenvalue weighted by Crippen LogP contribution is -2.40. The molecular weight excluding hydrogens is 360 g/mol. The van der Waals surface area contributed by atoms with Crippen LogP contribution in [0.4, 0.5) is 4.79 Å². The van der Waals surface area contributed by atoms with Crippen molar-refractivity contribution < 1.29 is 19.0 Å². The molecule has 0 bridgehead atoms. The van der Waals surface area contributed by atoms with E-state index in [2.05, 4.69) is 5.32 Å². The highest BCUT2D eigenvalue weighted by molar-refractivity contribution is 5.92. The molecule has 1 heterocycles. The van der Waals surface area contributed by atoms with Crippen LogP contribution in [0.5, 0.6) is 17.2 Å². The molecule has 1 aromatic carbocycles. The zero-order valence-electron chi connectivity index (χ0n) is 16.5. The topological polar surface area (TPSA) is 78.8 Å². The Balaban J connectivity index is 1.69. The van der Waals surface area contributed by atoms with Crippen LogP contribution >= 0.6 is 0 Å². The largest absolute Gasteiger partial charge is 0.493 e. The smallest absolute Gasteiger partial charge is 0.412 e. The number of benzene rings is 1. The molecule has 7 nitrogen and oxygen atoms in total. The van der Waals surface area contributed by atoms with Crippen LogP contribution in [0, 0.1) is 11.8 Å². The summed E-state index contributed by atoms with van der Waals surface area (Å²) in [5.41, 5.74) is -0.167. The van der Waals surface area contributed by atoms with Crippen LogP contribution in [-0.4, -0.2) is 30.9 Å². The molecule has 2 aliphatic rings. The molecule has 0 atom stereocenters. The van der Waals surface area contributed by atoms with Gasteiger partial charge in [-0.05, 0) is 56.6 Å². The molecule has 1 N–H and O–H groups in total. The number of nitrogens with zero attached hydrogens (tertiary/aromatic N) is 1. The number of amides is 1. The first-order valence-corrected chi connectivity index (χ1v) is 9.83. The second-order valence-corrected chi connectivity index (χ2v) is 7.57. The Morgan fingerprint density at radius 1 is 1.07 bits per heavy atom. The van der Waals surface area contributed by atoms with Gasteiger partial charge >= 0.3 is 6.09 Å². The Labute approximate surface area is 163 Å². The zero-order valence-corrected chi connectivity index (χ0v) is 16.5. The molecule has 28 heavy (non-hydrogen) atoms. The average Bonchev–Trinajstić information content (AvgIpc) is 3.60. The predicted molar refractivity (Wildman–Crippen MR) is 105 cm³/mol. The third kappa shape index (κ3) is 3.53. The van der Waals surface area contributed by atoms with Crippen molar-refractivity contribution >= 4 is 16.9 Å². The van der Waals surface area contributed by atoms with E-state index in [1.165, 1.54) is 44.5 Å². The van der Waals surface area contributed by atoms with Crippen LogP contribution in [-0.2, 0) is 6.54 Å². The monoisotopic (exact) mass is 386 g/mol. The van der Waals surface area contributed by atoms with Crippen molar-refractivity contribution in [3.05, 3.63) is 28.7 Å². The van der Waals surface area contributed by atoms with Gasteiger partial charge in [0.15, 0.2) is 17.2 Å². The van der Waals surface area contributed by atoms with Gasteiger partial charge in [-0.1, -0.05) is 0 Å². The van der Waals surface area contributed by atoms with E-state index in [1.54, 1.807) is 18.3 Å². The lowest BCUT2D eigenvalue weighted by atomic mass is 10.1. The van der Waals surface area contributed by atoms with Gasteiger partial charge in [0.2, 0.25) is 0 Å². The van der Waals surface area contributed by atoms with E-state index >= 15 is 0 Å². The minimum atomic E-state index is -0.471. The number of hydrogen-bond acceptors (Lipinski definition) is 5. The molecule has 2 aliphatic carbocycles. The molecule has 150 valence electrons. The maximum absolute atomic E-state index is 12.7. The van der Waals surface area contributed by atoms with Crippen molar-refractivity contribution in [2.75, 3.05) is 14.2 Å². The molecule has 2 fully saturated rings. The summed E-state index contributed by atoms with van der Waals surface area (Å²) >= 11 is 0. The second-order valence-electron chi connectivity index (χ2n) is 7.57. The van der Waals surface area contributed by atoms with Crippen molar-refractivity contribution in [3.8, 4) is 17.2 Å². The number of carbonyl (C=O) groups excluding carboxylic acids is 1. The van der Waals surface area contributed by atoms with Gasteiger partial charge in [0.1, 0.15) is 0 Å². The van der Waals surface area contributed by atoms with E-state index in [0.29, 0.717) is 46.4 Å². The standard InChI is InChI=1S/C21H26N2O5/c1-4-23-11-18(28-21(25)22-19(12-5-6-12)13-7-8-13)14-9-16(26-2)17(27-3)10-15(14)20(23)24/h9-13,19H,4-8H2,1-3H3,(H,22,25). The average molecular weight is 386 g/mol. The molecule has 7 heteroatoms. The van der Waals surface area contributed by atoms with Gasteiger partial charge in [-0.15, -0.1) is 0 Å². The van der Waals surface area contributed by atoms with E-state index in [0.717, 1.165) is 0 Å². The Hall–Kier alpha value is -2.70. The van der Waals surface area contributed by atoms with E-state index in [1.807, 2.05) is 6.92 Å². The van der Waals surface area contributed by atoms with Crippen LogP contribution in [0.15, 0.2) is 23.1 Å². The summed E-state index contributed by atoms with van der Waals surface area (Å²) in [6.07, 6.45) is 5.79. The first kappa shape index (κ1) is 18.7. The zero-order chi connectivity index (χ0) is 19.8. The lowest BCUT2D eigenvalue weighted by molar-refractivity contribution is 0.192. The molecule has 0 aliphatic heterocycles. The Kier molecular flexibility index (Phi) is 4.91. The van der Waals surface area contributed by atoms with Crippen LogP contribution in [0.2, 0.25) is 0 Å². The summed E-state index contributed by atoms with van der Waals surface area (Å²) in [5, 5.41) is 4.00. The molecule has 1 amide bonds. The van der Waals surface area contributed by atoms with Crippen molar-refractivity contribution in [3.63, 3.8) is 0 Å². The Morgan fingerprint density at radius 2 is 1.64 bits per heavy atom. The molecular formula is C21H26N2O5. The van der Waals surface area contributed by atoms with Gasteiger partial charge in [-0.3, -0.25) is 4.79 Å². The highest BCUT2D eigenvalue weighted by Crippen LogP contribution is 2.44. The van der Waals surface area contributed by atoms with Crippen LogP contribution in [0.25, 0.3) is 10.8 Å². The summed E-state index contributed by atoms with van der Waals surface area (Å²) in [6, 6.07) is 3.51. The van der Waals surface area contributed by atoms with Crippen LogP contribution < -0.4 is 25.1 Å². The van der Waals surface area contributed by atoms with E-state index in [4.69, 9.17) is 14.2 Å². The number of carbonyl (C=O) groups is 1. The van der Waals surface area contributed by atoms with E-state index in [9.17, 15) is 9.59 Å². The van der Waals surface area contributed by atoms with Gasteiger partial charge < -0.3 is 24.1 Å². The lowest BCUT2D eigenvalue weighted by Gasteiger charge is -2.18. The van der Waals surface area contributed by atoms with Gasteiger partial charge in [-0.2, -0.15) is 0 Å². The maximum atomic E-state index is 12.7. The molecule has 2 saturated carbocycles. The van der Waals surface area contributed by atoms with Crippen LogP contribution in [0.3, 0.4) is 0 Å². The summed E-state index contributed by atoms with van der Waals surface area (Å²) in [7, 11) is 3.05. The number of aryl methyl sites for hydroxylation is 1. The number of hydrogen-bond donors (Lipinski definition) is 1. The van der Waals surface area contributed by atoms with Crippen molar-refractivity contribution in [1.29, 1.82) is 0 Å². The first-order valence-electron chi connectivity index (χ1n) is 9.83. The molecule has 2 aromatic rings. The number of ether oxygens (including phenoxy) is 3. The Bertz CT molecular complexity index is 947. The molecule has 0 spiro atoms. The Morgan fingerprint density at radius 3 is 2.14 bits per heavy atom. The fourth-order valence-corrected chi connectivity index (χ4v) is 3.80. The number of rotatable bonds is 7. The first-order chi connectivity index (χ1) is 13.5. The third-order valence-electron chi connectivity index (χ3n) is 5.64. The SMILES string of the molecule is CCn1cc(OC(=O)NC(C2CC2)C2CC2)c2cc(OC)c(OC)cc2c1=O. The molecule has 0 saturated heterocycles. The fraction of sp³-hybridized carbons (Fsp3) is 0.524. The van der Waals surface area contributed by atoms with Gasteiger partial charge in [0.25, 0.3) is 5.56 Å². The molecule has 0 radical (unpaired) electrons. The minimum Gasteiger partial charge on any atom is -0.493 e. The van der Waals surface area contributed by atoms with Gasteiger partial charge in [-0.25, -0.2) is 4.79 Å². The van der Waals surface area contributed by atoms with Crippen molar-refractivity contribution in [2.24, 2.45) is 11.8 Å². The summed E-state index contributed by atoms with van der Waals surface area (Å²) in [6.45, 7) is 2.34. The van der Waals surface area contributed by atoms with Crippen molar-refractivity contribution in [1.82, 2.24) is 9.88 Å². The van der Waals surface area contributed by atoms with Gasteiger partial charge in [0, 0.05) is 18.0 Å².